The number of benzene rings is 1. The van der Waals surface area contributed by atoms with Gasteiger partial charge >= 0.3 is 5.97 Å². The van der Waals surface area contributed by atoms with Crippen LogP contribution in [0.3, 0.4) is 0 Å². The molecule has 0 radical (unpaired) electrons. The van der Waals surface area contributed by atoms with E-state index in [9.17, 15) is 4.79 Å². The van der Waals surface area contributed by atoms with Gasteiger partial charge < -0.3 is 10.8 Å². The van der Waals surface area contributed by atoms with E-state index in [-0.39, 0.29) is 5.69 Å². The molecule has 0 spiro atoms. The quantitative estimate of drug-likeness (QED) is 0.655. The van der Waals surface area contributed by atoms with E-state index in [1.807, 2.05) is 0 Å². The summed E-state index contributed by atoms with van der Waals surface area (Å²) in [6.07, 6.45) is 0. The Morgan fingerprint density at radius 3 is 2.93 bits per heavy atom. The van der Waals surface area contributed by atoms with Crippen LogP contribution in [-0.4, -0.2) is 20.9 Å². The highest BCUT2D eigenvalue weighted by atomic mass is 16.4. The van der Waals surface area contributed by atoms with Gasteiger partial charge in [-0.25, -0.2) is 4.79 Å². The predicted octanol–water partition coefficient (Wildman–Crippen LogP) is 0.854. The molecule has 3 N–H and O–H groups in total. The van der Waals surface area contributed by atoms with E-state index in [4.69, 9.17) is 10.8 Å². The Kier molecular flexibility index (Phi) is 1.67. The lowest BCUT2D eigenvalue weighted by molar-refractivity contribution is 0.0687. The molecule has 0 unspecified atom stereocenters. The molecule has 0 saturated carbocycles. The number of carbonyl (C=O) groups is 1. The van der Waals surface area contributed by atoms with Crippen LogP contribution in [0, 0.1) is 0 Å². The third-order valence-corrected chi connectivity index (χ3v) is 2.06. The number of hydrogen-bond acceptors (Lipinski definition) is 3. The van der Waals surface area contributed by atoms with Crippen LogP contribution in [0.4, 0.5) is 5.69 Å². The highest BCUT2D eigenvalue weighted by Gasteiger charge is 2.14. The van der Waals surface area contributed by atoms with Crippen molar-refractivity contribution in [1.82, 2.24) is 9.78 Å². The number of aromatic carboxylic acids is 1. The van der Waals surface area contributed by atoms with Crippen LogP contribution in [0.2, 0.25) is 0 Å². The zero-order chi connectivity index (χ0) is 10.3. The van der Waals surface area contributed by atoms with Crippen molar-refractivity contribution in [1.29, 1.82) is 0 Å². The van der Waals surface area contributed by atoms with Crippen molar-refractivity contribution in [2.75, 3.05) is 5.73 Å². The van der Waals surface area contributed by atoms with Gasteiger partial charge in [-0.05, 0) is 18.2 Å². The van der Waals surface area contributed by atoms with Crippen molar-refractivity contribution in [2.45, 2.75) is 0 Å². The molecule has 0 saturated heterocycles. The fraction of sp³-hybridized carbons (Fsp3) is 0.111. The molecule has 1 aromatic carbocycles. The Bertz CT molecular complexity index is 516. The largest absolute Gasteiger partial charge is 0.477 e. The number of carboxylic acids is 1. The third kappa shape index (κ3) is 1.10. The first kappa shape index (κ1) is 8.55. The summed E-state index contributed by atoms with van der Waals surface area (Å²) in [4.78, 5) is 10.9. The van der Waals surface area contributed by atoms with Crippen LogP contribution in [0.1, 0.15) is 10.5 Å². The number of hydrogen-bond donors (Lipinski definition) is 2. The molecule has 72 valence electrons. The van der Waals surface area contributed by atoms with Crippen LogP contribution >= 0.6 is 0 Å². The summed E-state index contributed by atoms with van der Waals surface area (Å²) in [5.74, 6) is -0.986. The highest BCUT2D eigenvalue weighted by Crippen LogP contribution is 2.19. The molecule has 0 aliphatic carbocycles. The van der Waals surface area contributed by atoms with Crippen LogP contribution in [0.25, 0.3) is 10.9 Å². The molecular formula is C9H9N3O2. The number of nitrogens with two attached hydrogens (primary N) is 1. The molecule has 0 fully saturated rings. The minimum atomic E-state index is -0.986. The van der Waals surface area contributed by atoms with E-state index in [1.165, 1.54) is 4.68 Å². The average molecular weight is 191 g/mol. The molecule has 0 amide bonds. The van der Waals surface area contributed by atoms with Crippen molar-refractivity contribution >= 4 is 22.6 Å². The van der Waals surface area contributed by atoms with Crippen molar-refractivity contribution in [3.8, 4) is 0 Å². The van der Waals surface area contributed by atoms with Crippen LogP contribution < -0.4 is 5.73 Å². The second-order valence-electron chi connectivity index (χ2n) is 3.05. The van der Waals surface area contributed by atoms with E-state index in [0.717, 1.165) is 0 Å². The maximum atomic E-state index is 10.9. The molecule has 0 aliphatic heterocycles. The Morgan fingerprint density at radius 1 is 1.57 bits per heavy atom. The van der Waals surface area contributed by atoms with Gasteiger partial charge in [-0.1, -0.05) is 0 Å². The first-order valence-corrected chi connectivity index (χ1v) is 4.05. The average Bonchev–Trinajstić information content (AvgIpc) is 2.39. The SMILES string of the molecule is Cn1nc2cc(N)ccc2c1C(=O)O. The van der Waals surface area contributed by atoms with E-state index in [2.05, 4.69) is 5.10 Å². The molecule has 5 nitrogen and oxygen atoms in total. The lowest BCUT2D eigenvalue weighted by Crippen LogP contribution is -2.05. The lowest BCUT2D eigenvalue weighted by Gasteiger charge is -1.94. The number of rotatable bonds is 1. The van der Waals surface area contributed by atoms with Crippen LogP contribution in [0.15, 0.2) is 18.2 Å². The number of aryl methyl sites for hydroxylation is 1. The molecule has 0 aliphatic rings. The third-order valence-electron chi connectivity index (χ3n) is 2.06. The minimum Gasteiger partial charge on any atom is -0.477 e. The van der Waals surface area contributed by atoms with Crippen LogP contribution in [-0.2, 0) is 7.05 Å². The summed E-state index contributed by atoms with van der Waals surface area (Å²) >= 11 is 0. The van der Waals surface area contributed by atoms with Gasteiger partial charge in [0, 0.05) is 18.1 Å². The van der Waals surface area contributed by atoms with Gasteiger partial charge in [-0.3, -0.25) is 4.68 Å². The molecule has 2 rings (SSSR count). The summed E-state index contributed by atoms with van der Waals surface area (Å²) in [5.41, 5.74) is 6.92. The minimum absolute atomic E-state index is 0.181. The number of fused-ring (bicyclic) bond motifs is 1. The van der Waals surface area contributed by atoms with Crippen LogP contribution in [0.5, 0.6) is 0 Å². The summed E-state index contributed by atoms with van der Waals surface area (Å²) in [6.45, 7) is 0. The molecule has 0 bridgehead atoms. The van der Waals surface area contributed by atoms with Gasteiger partial charge in [0.2, 0.25) is 0 Å². The van der Waals surface area contributed by atoms with Gasteiger partial charge in [-0.2, -0.15) is 5.10 Å². The second kappa shape index (κ2) is 2.73. The Labute approximate surface area is 79.7 Å². The van der Waals surface area contributed by atoms with E-state index < -0.39 is 5.97 Å². The molecule has 1 aromatic heterocycles. The monoisotopic (exact) mass is 191 g/mol. The van der Waals surface area contributed by atoms with Gasteiger partial charge in [0.25, 0.3) is 0 Å². The Hall–Kier alpha value is -2.04. The van der Waals surface area contributed by atoms with Crippen molar-refractivity contribution < 1.29 is 9.90 Å². The van der Waals surface area contributed by atoms with Gasteiger partial charge in [0.1, 0.15) is 0 Å². The highest BCUT2D eigenvalue weighted by molar-refractivity contribution is 6.01. The first-order valence-electron chi connectivity index (χ1n) is 4.05. The lowest BCUT2D eigenvalue weighted by atomic mass is 10.2. The fourth-order valence-corrected chi connectivity index (χ4v) is 1.47. The zero-order valence-electron chi connectivity index (χ0n) is 7.56. The Morgan fingerprint density at radius 2 is 2.29 bits per heavy atom. The van der Waals surface area contributed by atoms with Gasteiger partial charge in [-0.15, -0.1) is 0 Å². The van der Waals surface area contributed by atoms with Crippen molar-refractivity contribution in [3.63, 3.8) is 0 Å². The summed E-state index contributed by atoms with van der Waals surface area (Å²) in [7, 11) is 1.60. The topological polar surface area (TPSA) is 81.1 Å². The maximum Gasteiger partial charge on any atom is 0.354 e. The number of nitrogen functional groups attached to an aromatic ring is 1. The second-order valence-corrected chi connectivity index (χ2v) is 3.05. The number of aromatic nitrogens is 2. The predicted molar refractivity (Wildman–Crippen MR) is 52.1 cm³/mol. The van der Waals surface area contributed by atoms with E-state index >= 15 is 0 Å². The van der Waals surface area contributed by atoms with Gasteiger partial charge in [0.15, 0.2) is 5.69 Å². The van der Waals surface area contributed by atoms with Gasteiger partial charge in [0.05, 0.1) is 5.52 Å². The van der Waals surface area contributed by atoms with Crippen molar-refractivity contribution in [3.05, 3.63) is 23.9 Å². The summed E-state index contributed by atoms with van der Waals surface area (Å²) in [6, 6.07) is 4.99. The number of anilines is 1. The molecule has 1 heterocycles. The maximum absolute atomic E-state index is 10.9. The molecular weight excluding hydrogens is 182 g/mol. The van der Waals surface area contributed by atoms with Crippen molar-refractivity contribution in [2.24, 2.45) is 7.05 Å². The smallest absolute Gasteiger partial charge is 0.354 e. The van der Waals surface area contributed by atoms with E-state index in [0.29, 0.717) is 16.6 Å². The normalized spacial score (nSPS) is 10.6. The molecule has 2 aromatic rings. The summed E-state index contributed by atoms with van der Waals surface area (Å²) in [5, 5.41) is 13.6. The first-order chi connectivity index (χ1) is 6.59. The fourth-order valence-electron chi connectivity index (χ4n) is 1.47. The van der Waals surface area contributed by atoms with E-state index in [1.54, 1.807) is 25.2 Å². The standard InChI is InChI=1S/C9H9N3O2/c1-12-8(9(13)14)6-3-2-5(10)4-7(6)11-12/h2-4H,10H2,1H3,(H,13,14). The zero-order valence-corrected chi connectivity index (χ0v) is 7.56. The molecule has 14 heavy (non-hydrogen) atoms. The number of carboxylic acid groups (broad SMARTS) is 1. The summed E-state index contributed by atoms with van der Waals surface area (Å²) < 4.78 is 1.34. The number of nitrogens with zero attached hydrogens (tertiary/aromatic N) is 2. The Balaban J connectivity index is 2.84. The molecule has 0 atom stereocenters. The molecule has 5 heteroatoms.